The standard InChI is InChI=1S/C38H69/c1-4-7-10-12-14-16-18-20-22-24-26-28-31-37-33-36(30-9-6-3)34-38(35-37)32-29-27-25-23-21-19-17-15-13-11-8-5-2/h33-35H,3-32H2,1-2H3. The molecule has 38 heavy (non-hydrogen) atoms. The lowest BCUT2D eigenvalue weighted by atomic mass is 9.95. The van der Waals surface area contributed by atoms with Crippen molar-refractivity contribution in [3.8, 4) is 0 Å². The Kier molecular flexibility index (Phi) is 25.8. The van der Waals surface area contributed by atoms with Gasteiger partial charge in [-0.3, -0.25) is 0 Å². The Balaban J connectivity index is 2.17. The van der Waals surface area contributed by atoms with Crippen LogP contribution in [0.4, 0.5) is 0 Å². The highest BCUT2D eigenvalue weighted by molar-refractivity contribution is 5.30. The molecule has 221 valence electrons. The summed E-state index contributed by atoms with van der Waals surface area (Å²) in [6.07, 6.45) is 40.5. The van der Waals surface area contributed by atoms with Crippen molar-refractivity contribution < 1.29 is 0 Å². The molecule has 0 bridgehead atoms. The van der Waals surface area contributed by atoms with Crippen LogP contribution in [-0.4, -0.2) is 0 Å². The van der Waals surface area contributed by atoms with Crippen molar-refractivity contribution in [1.29, 1.82) is 0 Å². The van der Waals surface area contributed by atoms with Crippen LogP contribution < -0.4 is 0 Å². The summed E-state index contributed by atoms with van der Waals surface area (Å²) < 4.78 is 0. The van der Waals surface area contributed by atoms with Gasteiger partial charge in [0.1, 0.15) is 0 Å². The van der Waals surface area contributed by atoms with E-state index in [1.807, 2.05) is 0 Å². The van der Waals surface area contributed by atoms with Gasteiger partial charge in [-0.05, 0) is 55.2 Å². The molecule has 1 radical (unpaired) electrons. The number of rotatable bonds is 29. The summed E-state index contributed by atoms with van der Waals surface area (Å²) in [7, 11) is 0. The highest BCUT2D eigenvalue weighted by Crippen LogP contribution is 2.19. The van der Waals surface area contributed by atoms with E-state index in [9.17, 15) is 0 Å². The molecule has 0 N–H and O–H groups in total. The first-order valence-electron chi connectivity index (χ1n) is 17.7. The molecule has 0 heteroatoms. The smallest absolute Gasteiger partial charge is 0.0279 e. The molecular weight excluding hydrogens is 456 g/mol. The molecule has 0 aliphatic heterocycles. The molecule has 0 atom stereocenters. The summed E-state index contributed by atoms with van der Waals surface area (Å²) in [5.74, 6) is 0. The average Bonchev–Trinajstić information content (AvgIpc) is 2.93. The maximum atomic E-state index is 4.07. The molecule has 0 spiro atoms. The zero-order valence-electron chi connectivity index (χ0n) is 26.4. The maximum Gasteiger partial charge on any atom is -0.0279 e. The van der Waals surface area contributed by atoms with Crippen molar-refractivity contribution in [3.05, 3.63) is 41.8 Å². The third kappa shape index (κ3) is 22.1. The molecule has 1 rings (SSSR count). The Bertz CT molecular complexity index is 554. The molecule has 0 aliphatic rings. The Hall–Kier alpha value is -0.780. The molecule has 0 aliphatic carbocycles. The van der Waals surface area contributed by atoms with Crippen LogP contribution in [0, 0.1) is 6.92 Å². The molecule has 0 saturated carbocycles. The van der Waals surface area contributed by atoms with Crippen LogP contribution in [0.25, 0.3) is 0 Å². The van der Waals surface area contributed by atoms with E-state index < -0.39 is 0 Å². The van der Waals surface area contributed by atoms with Crippen molar-refractivity contribution in [2.45, 2.75) is 200 Å². The molecule has 0 saturated heterocycles. The maximum absolute atomic E-state index is 4.07. The molecule has 0 unspecified atom stereocenters. The Labute approximate surface area is 241 Å². The largest absolute Gasteiger partial charge is 0.0654 e. The number of aryl methyl sites for hydroxylation is 3. The van der Waals surface area contributed by atoms with Crippen LogP contribution in [0.1, 0.15) is 197 Å². The van der Waals surface area contributed by atoms with Gasteiger partial charge in [0.25, 0.3) is 0 Å². The molecular formula is C38H69. The highest BCUT2D eigenvalue weighted by atomic mass is 14.1. The second kappa shape index (κ2) is 27.8. The summed E-state index contributed by atoms with van der Waals surface area (Å²) >= 11 is 0. The van der Waals surface area contributed by atoms with Crippen LogP contribution in [0.15, 0.2) is 18.2 Å². The summed E-state index contributed by atoms with van der Waals surface area (Å²) in [5.41, 5.74) is 4.78. The molecule has 1 aromatic carbocycles. The second-order valence-electron chi connectivity index (χ2n) is 12.4. The van der Waals surface area contributed by atoms with Gasteiger partial charge >= 0.3 is 0 Å². The first-order valence-corrected chi connectivity index (χ1v) is 17.7. The fourth-order valence-electron chi connectivity index (χ4n) is 5.94. The minimum atomic E-state index is 1.05. The predicted molar refractivity (Wildman–Crippen MR) is 174 cm³/mol. The van der Waals surface area contributed by atoms with Crippen LogP contribution in [-0.2, 0) is 19.3 Å². The fourth-order valence-corrected chi connectivity index (χ4v) is 5.94. The average molecular weight is 526 g/mol. The van der Waals surface area contributed by atoms with Gasteiger partial charge in [-0.25, -0.2) is 0 Å². The summed E-state index contributed by atoms with van der Waals surface area (Å²) in [5, 5.41) is 0. The zero-order chi connectivity index (χ0) is 27.4. The summed E-state index contributed by atoms with van der Waals surface area (Å²) in [4.78, 5) is 0. The zero-order valence-corrected chi connectivity index (χ0v) is 26.4. The van der Waals surface area contributed by atoms with Gasteiger partial charge in [-0.15, -0.1) is 0 Å². The lowest BCUT2D eigenvalue weighted by Crippen LogP contribution is -1.96. The van der Waals surface area contributed by atoms with Gasteiger partial charge in [0.2, 0.25) is 0 Å². The monoisotopic (exact) mass is 526 g/mol. The van der Waals surface area contributed by atoms with E-state index in [4.69, 9.17) is 0 Å². The van der Waals surface area contributed by atoms with Gasteiger partial charge in [0, 0.05) is 0 Å². The van der Waals surface area contributed by atoms with Crippen LogP contribution in [0.3, 0.4) is 0 Å². The topological polar surface area (TPSA) is 0 Å². The normalized spacial score (nSPS) is 11.4. The van der Waals surface area contributed by atoms with E-state index in [-0.39, 0.29) is 0 Å². The van der Waals surface area contributed by atoms with E-state index in [2.05, 4.69) is 39.0 Å². The molecule has 0 fully saturated rings. The van der Waals surface area contributed by atoms with E-state index in [1.165, 1.54) is 180 Å². The molecule has 0 heterocycles. The van der Waals surface area contributed by atoms with Crippen molar-refractivity contribution in [3.63, 3.8) is 0 Å². The third-order valence-electron chi connectivity index (χ3n) is 8.47. The van der Waals surface area contributed by atoms with Crippen LogP contribution >= 0.6 is 0 Å². The number of hydrogen-bond donors (Lipinski definition) is 0. The van der Waals surface area contributed by atoms with Gasteiger partial charge in [-0.2, -0.15) is 0 Å². The molecule has 0 aromatic heterocycles. The number of benzene rings is 1. The second-order valence-corrected chi connectivity index (χ2v) is 12.4. The Morgan fingerprint density at radius 3 is 0.842 bits per heavy atom. The Morgan fingerprint density at radius 1 is 0.342 bits per heavy atom. The molecule has 1 aromatic rings. The van der Waals surface area contributed by atoms with E-state index in [1.54, 1.807) is 16.7 Å². The van der Waals surface area contributed by atoms with E-state index >= 15 is 0 Å². The van der Waals surface area contributed by atoms with Crippen molar-refractivity contribution in [1.82, 2.24) is 0 Å². The van der Waals surface area contributed by atoms with Crippen LogP contribution in [0.5, 0.6) is 0 Å². The van der Waals surface area contributed by atoms with E-state index in [0.29, 0.717) is 0 Å². The molecule has 0 nitrogen and oxygen atoms in total. The molecule has 0 amide bonds. The Morgan fingerprint density at radius 2 is 0.579 bits per heavy atom. The van der Waals surface area contributed by atoms with Gasteiger partial charge in [0.05, 0.1) is 0 Å². The lowest BCUT2D eigenvalue weighted by molar-refractivity contribution is 0.543. The van der Waals surface area contributed by atoms with Gasteiger partial charge in [-0.1, -0.05) is 187 Å². The minimum Gasteiger partial charge on any atom is -0.0654 e. The number of hydrogen-bond acceptors (Lipinski definition) is 0. The first kappa shape index (κ1) is 35.2. The minimum absolute atomic E-state index is 1.05. The summed E-state index contributed by atoms with van der Waals surface area (Å²) in [6, 6.07) is 7.57. The van der Waals surface area contributed by atoms with Crippen molar-refractivity contribution in [2.75, 3.05) is 0 Å². The van der Waals surface area contributed by atoms with Crippen LogP contribution in [0.2, 0.25) is 0 Å². The van der Waals surface area contributed by atoms with E-state index in [0.717, 1.165) is 6.42 Å². The van der Waals surface area contributed by atoms with Crippen molar-refractivity contribution >= 4 is 0 Å². The van der Waals surface area contributed by atoms with Gasteiger partial charge < -0.3 is 0 Å². The quantitative estimate of drug-likeness (QED) is 0.0912. The SMILES string of the molecule is [CH2]CCCc1cc(CCCCCCCCCCCCCC)cc(CCCCCCCCCCCCCC)c1. The van der Waals surface area contributed by atoms with Gasteiger partial charge in [0.15, 0.2) is 0 Å². The summed E-state index contributed by atoms with van der Waals surface area (Å²) in [6.45, 7) is 8.68. The number of unbranched alkanes of at least 4 members (excludes halogenated alkanes) is 23. The fraction of sp³-hybridized carbons (Fsp3) is 0.816. The lowest BCUT2D eigenvalue weighted by Gasteiger charge is -2.11. The first-order chi connectivity index (χ1) is 18.8. The highest BCUT2D eigenvalue weighted by Gasteiger charge is 2.03. The third-order valence-corrected chi connectivity index (χ3v) is 8.47. The van der Waals surface area contributed by atoms with Crippen molar-refractivity contribution in [2.24, 2.45) is 0 Å². The predicted octanol–water partition coefficient (Wildman–Crippen LogP) is 13.3.